The monoisotopic (exact) mass is 278 g/mol. The third kappa shape index (κ3) is 2.87. The Hall–Kier alpha value is -1.36. The van der Waals surface area contributed by atoms with Crippen LogP contribution in [0, 0.1) is 12.8 Å². The van der Waals surface area contributed by atoms with Crippen molar-refractivity contribution < 1.29 is 4.79 Å². The standard InChI is InChI=1S/C15H26N4O/c1-4-19(13-8-6-5-7-12(13)10-16)15(20)14-9-11(2)17-18(14)3/h9,12-13H,4-8,10,16H2,1-3H3. The lowest BCUT2D eigenvalue weighted by Crippen LogP contribution is -2.48. The van der Waals surface area contributed by atoms with Crippen molar-refractivity contribution in [2.75, 3.05) is 13.1 Å². The molecule has 0 aromatic carbocycles. The predicted molar refractivity (Wildman–Crippen MR) is 79.5 cm³/mol. The molecule has 0 radical (unpaired) electrons. The van der Waals surface area contributed by atoms with Crippen molar-refractivity contribution in [3.8, 4) is 0 Å². The van der Waals surface area contributed by atoms with Gasteiger partial charge in [0.05, 0.1) is 5.69 Å². The molecular formula is C15H26N4O. The predicted octanol–water partition coefficient (Wildman–Crippen LogP) is 1.71. The van der Waals surface area contributed by atoms with Crippen LogP contribution in [0.2, 0.25) is 0 Å². The molecule has 5 nitrogen and oxygen atoms in total. The van der Waals surface area contributed by atoms with E-state index >= 15 is 0 Å². The van der Waals surface area contributed by atoms with Gasteiger partial charge in [0, 0.05) is 19.6 Å². The van der Waals surface area contributed by atoms with Crippen LogP contribution in [0.25, 0.3) is 0 Å². The van der Waals surface area contributed by atoms with Gasteiger partial charge >= 0.3 is 0 Å². The third-order valence-electron chi connectivity index (χ3n) is 4.39. The molecule has 2 N–H and O–H groups in total. The average molecular weight is 278 g/mol. The molecule has 0 spiro atoms. The Morgan fingerprint density at radius 1 is 1.50 bits per heavy atom. The van der Waals surface area contributed by atoms with Crippen molar-refractivity contribution in [2.24, 2.45) is 18.7 Å². The Kier molecular flexibility index (Phi) is 4.81. The number of aryl methyl sites for hydroxylation is 2. The summed E-state index contributed by atoms with van der Waals surface area (Å²) in [5, 5.41) is 4.28. The Labute approximate surface area is 121 Å². The molecule has 2 atom stereocenters. The highest BCUT2D eigenvalue weighted by Crippen LogP contribution is 2.28. The lowest BCUT2D eigenvalue weighted by atomic mass is 9.83. The summed E-state index contributed by atoms with van der Waals surface area (Å²) in [4.78, 5) is 14.8. The van der Waals surface area contributed by atoms with Crippen LogP contribution in [0.5, 0.6) is 0 Å². The Morgan fingerprint density at radius 2 is 2.20 bits per heavy atom. The molecule has 0 saturated heterocycles. The number of carbonyl (C=O) groups excluding carboxylic acids is 1. The second-order valence-corrected chi connectivity index (χ2v) is 5.73. The van der Waals surface area contributed by atoms with Crippen LogP contribution in [-0.4, -0.2) is 39.7 Å². The molecule has 1 saturated carbocycles. The van der Waals surface area contributed by atoms with Gasteiger partial charge in [-0.05, 0) is 45.2 Å². The molecule has 0 bridgehead atoms. The fourth-order valence-corrected chi connectivity index (χ4v) is 3.36. The third-order valence-corrected chi connectivity index (χ3v) is 4.39. The summed E-state index contributed by atoms with van der Waals surface area (Å²) < 4.78 is 1.68. The number of hydrogen-bond acceptors (Lipinski definition) is 3. The van der Waals surface area contributed by atoms with Gasteiger partial charge in [0.15, 0.2) is 0 Å². The number of amides is 1. The fourth-order valence-electron chi connectivity index (χ4n) is 3.36. The minimum Gasteiger partial charge on any atom is -0.334 e. The molecule has 1 aliphatic carbocycles. The van der Waals surface area contributed by atoms with E-state index < -0.39 is 0 Å². The molecule has 1 heterocycles. The normalized spacial score (nSPS) is 22.8. The molecule has 1 aromatic rings. The van der Waals surface area contributed by atoms with Crippen LogP contribution in [0.15, 0.2) is 6.07 Å². The topological polar surface area (TPSA) is 64.2 Å². The number of carbonyl (C=O) groups is 1. The summed E-state index contributed by atoms with van der Waals surface area (Å²) >= 11 is 0. The van der Waals surface area contributed by atoms with Crippen molar-refractivity contribution in [3.05, 3.63) is 17.5 Å². The van der Waals surface area contributed by atoms with Gasteiger partial charge in [-0.2, -0.15) is 5.10 Å². The summed E-state index contributed by atoms with van der Waals surface area (Å²) in [5.41, 5.74) is 7.46. The summed E-state index contributed by atoms with van der Waals surface area (Å²) in [6.45, 7) is 5.35. The number of aromatic nitrogens is 2. The van der Waals surface area contributed by atoms with Gasteiger partial charge in [-0.15, -0.1) is 0 Å². The molecule has 1 fully saturated rings. The zero-order chi connectivity index (χ0) is 14.7. The molecule has 20 heavy (non-hydrogen) atoms. The SMILES string of the molecule is CCN(C(=O)c1cc(C)nn1C)C1CCCCC1CN. The van der Waals surface area contributed by atoms with Crippen molar-refractivity contribution >= 4 is 5.91 Å². The van der Waals surface area contributed by atoms with Crippen molar-refractivity contribution in [1.29, 1.82) is 0 Å². The van der Waals surface area contributed by atoms with E-state index in [1.165, 1.54) is 12.8 Å². The molecule has 1 amide bonds. The first-order chi connectivity index (χ1) is 9.58. The molecule has 112 valence electrons. The molecule has 0 aliphatic heterocycles. The second kappa shape index (κ2) is 6.39. The summed E-state index contributed by atoms with van der Waals surface area (Å²) in [6, 6.07) is 2.15. The number of nitrogens with zero attached hydrogens (tertiary/aromatic N) is 3. The molecule has 2 rings (SSSR count). The van der Waals surface area contributed by atoms with Crippen molar-refractivity contribution in [3.63, 3.8) is 0 Å². The zero-order valence-corrected chi connectivity index (χ0v) is 12.8. The number of rotatable bonds is 4. The highest BCUT2D eigenvalue weighted by atomic mass is 16.2. The zero-order valence-electron chi connectivity index (χ0n) is 12.8. The lowest BCUT2D eigenvalue weighted by molar-refractivity contribution is 0.0549. The average Bonchev–Trinajstić information content (AvgIpc) is 2.79. The molecule has 2 unspecified atom stereocenters. The summed E-state index contributed by atoms with van der Waals surface area (Å²) in [6.07, 6.45) is 4.62. The van der Waals surface area contributed by atoms with Crippen LogP contribution in [0.1, 0.15) is 48.8 Å². The summed E-state index contributed by atoms with van der Waals surface area (Å²) in [5.74, 6) is 0.517. The van der Waals surface area contributed by atoms with Crippen LogP contribution >= 0.6 is 0 Å². The minimum atomic E-state index is 0.0842. The number of nitrogens with two attached hydrogens (primary N) is 1. The maximum Gasteiger partial charge on any atom is 0.272 e. The first kappa shape index (κ1) is 15.0. The fraction of sp³-hybridized carbons (Fsp3) is 0.733. The largest absolute Gasteiger partial charge is 0.334 e. The molecule has 1 aromatic heterocycles. The Bertz CT molecular complexity index is 468. The molecule has 5 heteroatoms. The number of hydrogen-bond donors (Lipinski definition) is 1. The molecule has 1 aliphatic rings. The van der Waals surface area contributed by atoms with Crippen molar-refractivity contribution in [2.45, 2.75) is 45.6 Å². The maximum atomic E-state index is 12.8. The van der Waals surface area contributed by atoms with Crippen molar-refractivity contribution in [1.82, 2.24) is 14.7 Å². The maximum absolute atomic E-state index is 12.8. The minimum absolute atomic E-state index is 0.0842. The van der Waals surface area contributed by atoms with Gasteiger partial charge in [0.2, 0.25) is 0 Å². The Balaban J connectivity index is 2.22. The Morgan fingerprint density at radius 3 is 2.75 bits per heavy atom. The van der Waals surface area contributed by atoms with Crippen LogP contribution in [-0.2, 0) is 7.05 Å². The lowest BCUT2D eigenvalue weighted by Gasteiger charge is -2.39. The van der Waals surface area contributed by atoms with Crippen LogP contribution in [0.3, 0.4) is 0 Å². The van der Waals surface area contributed by atoms with E-state index in [1.54, 1.807) is 4.68 Å². The van der Waals surface area contributed by atoms with Gasteiger partial charge in [0.1, 0.15) is 5.69 Å². The molecular weight excluding hydrogens is 252 g/mol. The van der Waals surface area contributed by atoms with Crippen LogP contribution in [0.4, 0.5) is 0 Å². The summed E-state index contributed by atoms with van der Waals surface area (Å²) in [7, 11) is 1.83. The van der Waals surface area contributed by atoms with E-state index in [-0.39, 0.29) is 11.9 Å². The highest BCUT2D eigenvalue weighted by molar-refractivity contribution is 5.93. The quantitative estimate of drug-likeness (QED) is 0.912. The van der Waals surface area contributed by atoms with Crippen LogP contribution < -0.4 is 5.73 Å². The van der Waals surface area contributed by atoms with E-state index in [2.05, 4.69) is 5.10 Å². The van der Waals surface area contributed by atoms with Gasteiger partial charge in [-0.1, -0.05) is 12.8 Å². The van der Waals surface area contributed by atoms with Gasteiger partial charge < -0.3 is 10.6 Å². The van der Waals surface area contributed by atoms with E-state index in [0.717, 1.165) is 25.1 Å². The van der Waals surface area contributed by atoms with E-state index in [1.807, 2.05) is 31.9 Å². The van der Waals surface area contributed by atoms with Gasteiger partial charge in [-0.25, -0.2) is 0 Å². The smallest absolute Gasteiger partial charge is 0.272 e. The van der Waals surface area contributed by atoms with E-state index in [4.69, 9.17) is 5.73 Å². The first-order valence-electron chi connectivity index (χ1n) is 7.60. The van der Waals surface area contributed by atoms with E-state index in [0.29, 0.717) is 18.2 Å². The first-order valence-corrected chi connectivity index (χ1v) is 7.60. The highest BCUT2D eigenvalue weighted by Gasteiger charge is 2.32. The van der Waals surface area contributed by atoms with E-state index in [9.17, 15) is 4.79 Å². The van der Waals surface area contributed by atoms with Gasteiger partial charge in [-0.3, -0.25) is 9.48 Å². The second-order valence-electron chi connectivity index (χ2n) is 5.73. The van der Waals surface area contributed by atoms with Gasteiger partial charge in [0.25, 0.3) is 5.91 Å².